The molecule has 9 rings (SSSR count). The molecule has 0 aliphatic carbocycles. The molecule has 137 heavy (non-hydrogen) atoms. The van der Waals surface area contributed by atoms with Gasteiger partial charge < -0.3 is 84.7 Å². The predicted octanol–water partition coefficient (Wildman–Crippen LogP) is 9.68. The molecule has 0 unspecified atom stereocenters. The minimum absolute atomic E-state index is 0.00560. The maximum atomic E-state index is 13.5. The fourth-order valence-electron chi connectivity index (χ4n) is 13.6. The molecule has 0 saturated carbocycles. The van der Waals surface area contributed by atoms with Crippen molar-refractivity contribution < 1.29 is 126 Å². The maximum absolute atomic E-state index is 13.5. The molecule has 3 heterocycles. The van der Waals surface area contributed by atoms with Gasteiger partial charge in [0.1, 0.15) is 77.9 Å². The van der Waals surface area contributed by atoms with Crippen LogP contribution in [-0.2, 0) is 102 Å². The predicted molar refractivity (Wildman–Crippen MR) is 505 cm³/mol. The van der Waals surface area contributed by atoms with Crippen molar-refractivity contribution in [3.05, 3.63) is 179 Å². The van der Waals surface area contributed by atoms with Gasteiger partial charge >= 0.3 is 48.4 Å². The highest BCUT2D eigenvalue weighted by Gasteiger charge is 2.45. The van der Waals surface area contributed by atoms with Gasteiger partial charge in [-0.2, -0.15) is 12.9 Å². The smallest absolute Gasteiger partial charge is 0.415 e. The molecular formula is C95H130N12O27S3. The van der Waals surface area contributed by atoms with Crippen molar-refractivity contribution in [2.75, 3.05) is 99.9 Å². The summed E-state index contributed by atoms with van der Waals surface area (Å²) in [4.78, 5) is 155. The number of nitrogens with one attached hydrogen (secondary N) is 5. The molecule has 39 nitrogen and oxygen atoms in total. The third kappa shape index (κ3) is 37.2. The summed E-state index contributed by atoms with van der Waals surface area (Å²) in [5.41, 5.74) is 2.91. The standard InChI is InChI=1S/C33H46N4O9S.C29H38N4O9S.C29H39N3O8S.C4H7NO/c1-7-18-34-31(40)44-21-20-36(6)32(41)45-25-14-12-24(13-15-25)22-27(30(39)46-33(3,4)5)35-29(38)28-9-8-19-37(28)47(42,43)26-16-10-23(2)11-17-26;1-4-15-30-28(37)41-18-17-32(3)29(38)42-22-11-9-21(10-12-22)19-24(27(35)36)31-26(34)25-6-5-16-33(25)43(39,40)23-13-7-20(2)8-14-23;1-20-8-14-23(15-9-20)41(37,38)32-16-6-7-25(32)26(34)30-24(27(35)40-29(2,3)4)19-21-10-12-22(13-11-21)39-28(36)31(5)17-18-33;1-2-3-5-4-6/h10-17,27-28H,7-9,18-22H2,1-6H3,(H,34,40)(H,35,38);7-14,24-25H,4-6,15-19H2,1-3H3,(H,30,37)(H,31,34)(H,35,36);8-15,24-25,33H,6-7,16-19H2,1-5H3,(H,30,34);2-3H2,1H3/t27-,28-;2*24-,25-;/m000./s1. The summed E-state index contributed by atoms with van der Waals surface area (Å²) in [6.07, 6.45) is 3.24. The van der Waals surface area contributed by atoms with Gasteiger partial charge in [0.2, 0.25) is 53.9 Å². The number of isocyanates is 1. The van der Waals surface area contributed by atoms with E-state index in [2.05, 4.69) is 31.6 Å². The highest BCUT2D eigenvalue weighted by molar-refractivity contribution is 7.89. The Bertz CT molecular complexity index is 5410. The van der Waals surface area contributed by atoms with E-state index in [-0.39, 0.29) is 117 Å². The van der Waals surface area contributed by atoms with Crippen LogP contribution < -0.4 is 40.8 Å². The quantitative estimate of drug-likeness (QED) is 0.00820. The molecule has 6 aromatic carbocycles. The number of carboxylic acid groups (broad SMARTS) is 1. The average molecular weight is 1970 g/mol. The van der Waals surface area contributed by atoms with Crippen molar-refractivity contribution in [2.24, 2.45) is 4.99 Å². The zero-order valence-electron chi connectivity index (χ0n) is 80.2. The number of sulfonamides is 3. The van der Waals surface area contributed by atoms with Crippen molar-refractivity contribution >= 4 is 102 Å². The Kier molecular flexibility index (Phi) is 45.1. The highest BCUT2D eigenvalue weighted by Crippen LogP contribution is 2.32. The third-order valence-electron chi connectivity index (χ3n) is 20.9. The SMILES string of the molecule is CCCN=C=O.CCCNC(=O)OCCN(C)C(=O)Oc1ccc(C[C@H](NC(=O)[C@@H]2CCCN2S(=O)(=O)c2ccc(C)cc2)C(=O)O)cc1.CCCNC(=O)OCCN(C)C(=O)Oc1ccc(C[C@H](NC(=O)[C@@H]2CCCN2S(=O)(=O)c2ccc(C)cc2)C(=O)OC(C)(C)C)cc1.Cc1ccc(S(=O)(=O)N2CCC[C@H]2C(=O)N[C@@H](Cc2ccc(OC(=O)N(C)CCO)cc2)C(=O)OC(C)(C)C)cc1. The number of amides is 8. The van der Waals surface area contributed by atoms with Crippen LogP contribution in [0, 0.1) is 20.8 Å². The van der Waals surface area contributed by atoms with Gasteiger partial charge in [-0.3, -0.25) is 14.4 Å². The van der Waals surface area contributed by atoms with Gasteiger partial charge in [0, 0.05) is 79.7 Å². The minimum Gasteiger partial charge on any atom is -0.480 e. The second kappa shape index (κ2) is 54.5. The van der Waals surface area contributed by atoms with Gasteiger partial charge in [-0.25, -0.2) is 73.4 Å². The van der Waals surface area contributed by atoms with E-state index in [0.717, 1.165) is 40.3 Å². The third-order valence-corrected chi connectivity index (χ3v) is 26.6. The van der Waals surface area contributed by atoms with Gasteiger partial charge in [0.15, 0.2) is 0 Å². The monoisotopic (exact) mass is 1970 g/mol. The molecule has 0 spiro atoms. The van der Waals surface area contributed by atoms with Crippen LogP contribution in [0.2, 0.25) is 0 Å². The van der Waals surface area contributed by atoms with Crippen molar-refractivity contribution in [3.8, 4) is 17.2 Å². The van der Waals surface area contributed by atoms with Crippen LogP contribution in [0.3, 0.4) is 0 Å². The van der Waals surface area contributed by atoms with Crippen LogP contribution in [0.1, 0.15) is 153 Å². The first-order valence-electron chi connectivity index (χ1n) is 45.0. The number of aliphatic hydroxyl groups excluding tert-OH is 1. The first kappa shape index (κ1) is 113. The number of carboxylic acids is 1. The molecule has 750 valence electrons. The molecule has 6 aromatic rings. The summed E-state index contributed by atoms with van der Waals surface area (Å²) < 4.78 is 121. The Balaban J connectivity index is 0.000000306. The van der Waals surface area contributed by atoms with E-state index in [1.807, 2.05) is 41.5 Å². The van der Waals surface area contributed by atoms with E-state index >= 15 is 0 Å². The number of hydrogen-bond acceptors (Lipinski definition) is 27. The molecule has 7 N–H and O–H groups in total. The zero-order chi connectivity index (χ0) is 102. The number of aryl methyl sites for hydroxylation is 3. The minimum atomic E-state index is -3.94. The van der Waals surface area contributed by atoms with Crippen molar-refractivity contribution in [3.63, 3.8) is 0 Å². The lowest BCUT2D eigenvalue weighted by Gasteiger charge is -2.28. The van der Waals surface area contributed by atoms with E-state index in [9.17, 15) is 87.9 Å². The normalized spacial score (nSPS) is 15.6. The molecule has 0 aromatic heterocycles. The second-order valence-corrected chi connectivity index (χ2v) is 40.3. The first-order chi connectivity index (χ1) is 64.6. The summed E-state index contributed by atoms with van der Waals surface area (Å²) >= 11 is 0. The molecule has 42 heteroatoms. The number of alkyl carbamates (subject to hydrolysis) is 2. The number of carbonyl (C=O) groups excluding carboxylic acids is 11. The van der Waals surface area contributed by atoms with E-state index in [1.54, 1.807) is 139 Å². The van der Waals surface area contributed by atoms with Crippen LogP contribution in [-0.4, -0.2) is 283 Å². The average Bonchev–Trinajstić information content (AvgIpc) is 1.70. The maximum Gasteiger partial charge on any atom is 0.415 e. The number of hydrogen-bond donors (Lipinski definition) is 7. The highest BCUT2D eigenvalue weighted by atomic mass is 32.2. The number of carbonyl (C=O) groups is 11. The Morgan fingerprint density at radius 2 is 0.723 bits per heavy atom. The summed E-state index contributed by atoms with van der Waals surface area (Å²) in [6, 6.07) is 31.7. The van der Waals surface area contributed by atoms with Crippen molar-refractivity contribution in [1.82, 2.24) is 54.2 Å². The number of ether oxygens (including phenoxy) is 7. The van der Waals surface area contributed by atoms with Crippen LogP contribution in [0.15, 0.2) is 165 Å². The molecule has 3 fully saturated rings. The van der Waals surface area contributed by atoms with Crippen molar-refractivity contribution in [2.45, 2.75) is 222 Å². The van der Waals surface area contributed by atoms with E-state index in [4.69, 9.17) is 38.3 Å². The van der Waals surface area contributed by atoms with E-state index in [0.29, 0.717) is 68.4 Å². The Hall–Kier alpha value is -12.4. The van der Waals surface area contributed by atoms with E-state index in [1.165, 1.54) is 99.1 Å². The van der Waals surface area contributed by atoms with Crippen molar-refractivity contribution in [1.29, 1.82) is 0 Å². The number of nitrogens with zero attached hydrogens (tertiary/aromatic N) is 7. The van der Waals surface area contributed by atoms with E-state index < -0.39 is 144 Å². The molecule has 8 amide bonds. The molecule has 3 aliphatic heterocycles. The molecule has 0 radical (unpaired) electrons. The lowest BCUT2D eigenvalue weighted by Crippen LogP contribution is -2.52. The first-order valence-corrected chi connectivity index (χ1v) is 49.3. The second-order valence-electron chi connectivity index (χ2n) is 34.6. The number of likely N-dealkylation sites (N-methyl/N-ethyl adjacent to an activating group) is 3. The molecule has 3 aliphatic rings. The number of rotatable bonds is 38. The number of benzene rings is 6. The Labute approximate surface area is 801 Å². The van der Waals surface area contributed by atoms with Crippen LogP contribution >= 0.6 is 0 Å². The summed E-state index contributed by atoms with van der Waals surface area (Å²) in [5, 5.41) is 31.9. The largest absolute Gasteiger partial charge is 0.480 e. The summed E-state index contributed by atoms with van der Waals surface area (Å²) in [6.45, 7) is 23.9. The molecule has 6 atom stereocenters. The number of aliphatic imine (C=N–C) groups is 1. The fourth-order valence-corrected chi connectivity index (χ4v) is 18.5. The van der Waals surface area contributed by atoms with Crippen LogP contribution in [0.5, 0.6) is 17.2 Å². The lowest BCUT2D eigenvalue weighted by atomic mass is 10.0. The van der Waals surface area contributed by atoms with Crippen LogP contribution in [0.25, 0.3) is 0 Å². The van der Waals surface area contributed by atoms with Gasteiger partial charge in [-0.15, -0.1) is 0 Å². The number of esters is 2. The molecule has 3 saturated heterocycles. The fraction of sp³-hybridized carbons (Fsp3) is 0.495. The Morgan fingerprint density at radius 1 is 0.438 bits per heavy atom. The molecule has 0 bridgehead atoms. The molecular weight excluding hydrogens is 1840 g/mol. The van der Waals surface area contributed by atoms with Gasteiger partial charge in [0.05, 0.1) is 40.9 Å². The van der Waals surface area contributed by atoms with Gasteiger partial charge in [-0.1, -0.05) is 110 Å². The summed E-state index contributed by atoms with van der Waals surface area (Å²) in [5.74, 6) is -3.72. The zero-order valence-corrected chi connectivity index (χ0v) is 82.7. The number of aliphatic carboxylic acids is 1. The van der Waals surface area contributed by atoms with Gasteiger partial charge in [-0.05, 0) is 210 Å². The Morgan fingerprint density at radius 3 is 0.978 bits per heavy atom. The lowest BCUT2D eigenvalue weighted by molar-refractivity contribution is -0.159. The summed E-state index contributed by atoms with van der Waals surface area (Å²) in [7, 11) is -7.31. The van der Waals surface area contributed by atoms with Gasteiger partial charge in [0.25, 0.3) is 0 Å². The van der Waals surface area contributed by atoms with Crippen LogP contribution in [0.4, 0.5) is 24.0 Å². The number of aliphatic hydroxyl groups is 1. The topological polar surface area (TPSA) is 504 Å².